The molecule has 232 valence electrons. The number of hydrogen-bond donors (Lipinski definition) is 6. The number of aliphatic carboxylic acids is 2. The number of carboxylic acids is 2. The summed E-state index contributed by atoms with van der Waals surface area (Å²) in [6.07, 6.45) is -8.02. The second-order valence-electron chi connectivity index (χ2n) is 8.56. The van der Waals surface area contributed by atoms with Crippen molar-refractivity contribution in [2.45, 2.75) is 50.2 Å². The maximum absolute atomic E-state index is 12.5. The number of nitrogens with zero attached hydrogens (tertiary/aromatic N) is 1. The molecule has 1 aliphatic heterocycles. The third-order valence-electron chi connectivity index (χ3n) is 5.38. The molecule has 0 saturated carbocycles. The average Bonchev–Trinajstić information content (AvgIpc) is 3.40. The van der Waals surface area contributed by atoms with Crippen molar-refractivity contribution in [3.8, 4) is 0 Å². The van der Waals surface area contributed by atoms with Crippen molar-refractivity contribution in [1.82, 2.24) is 20.9 Å². The van der Waals surface area contributed by atoms with Crippen LogP contribution in [0.3, 0.4) is 0 Å². The standard InChI is InChI=1S/C20H24ClN5O2.2C2HF3O2/c1-12(19(27)25-10-15-7-16(21)11-24-18(15)22)26-20(28)17-8-14(9-23-17)13-5-3-2-4-6-13;2*3-2(4,5)1(6)7/h2-7,11-12,14,17,23H,8-10H2,1H3,(H2,22,24)(H,25,27)(H,26,28);2*(H,6,7)/t12-,14-,17+;;/m0../s1. The van der Waals surface area contributed by atoms with Gasteiger partial charge in [-0.1, -0.05) is 41.9 Å². The number of anilines is 1. The number of nitrogens with two attached hydrogens (primary N) is 1. The zero-order valence-corrected chi connectivity index (χ0v) is 22.3. The van der Waals surface area contributed by atoms with Crippen LogP contribution in [0.2, 0.25) is 5.02 Å². The van der Waals surface area contributed by atoms with E-state index in [1.807, 2.05) is 18.2 Å². The number of carbonyl (C=O) groups is 4. The third-order valence-corrected chi connectivity index (χ3v) is 5.58. The van der Waals surface area contributed by atoms with Crippen LogP contribution in [0.1, 0.15) is 30.4 Å². The first-order chi connectivity index (χ1) is 19.3. The zero-order chi connectivity index (χ0) is 32.3. The first-order valence-corrected chi connectivity index (χ1v) is 12.1. The molecule has 2 heterocycles. The van der Waals surface area contributed by atoms with Crippen molar-refractivity contribution in [2.24, 2.45) is 0 Å². The van der Waals surface area contributed by atoms with E-state index >= 15 is 0 Å². The number of pyridine rings is 1. The van der Waals surface area contributed by atoms with Crippen LogP contribution in [0, 0.1) is 0 Å². The molecule has 2 aromatic rings. The highest BCUT2D eigenvalue weighted by Gasteiger charge is 2.39. The summed E-state index contributed by atoms with van der Waals surface area (Å²) in [4.78, 5) is 46.6. The highest BCUT2D eigenvalue weighted by atomic mass is 35.5. The quantitative estimate of drug-likeness (QED) is 0.262. The predicted octanol–water partition coefficient (Wildman–Crippen LogP) is 2.85. The van der Waals surface area contributed by atoms with Gasteiger partial charge in [-0.3, -0.25) is 9.59 Å². The summed E-state index contributed by atoms with van der Waals surface area (Å²) in [5.74, 6) is -5.39. The number of nitrogens with one attached hydrogen (secondary N) is 3. The molecule has 2 amide bonds. The van der Waals surface area contributed by atoms with Crippen LogP contribution in [0.15, 0.2) is 42.6 Å². The first-order valence-electron chi connectivity index (χ1n) is 11.7. The lowest BCUT2D eigenvalue weighted by atomic mass is 9.96. The van der Waals surface area contributed by atoms with Gasteiger partial charge in [-0.2, -0.15) is 26.3 Å². The van der Waals surface area contributed by atoms with E-state index in [0.29, 0.717) is 28.7 Å². The molecule has 3 rings (SSSR count). The molecule has 1 saturated heterocycles. The van der Waals surface area contributed by atoms with Gasteiger partial charge < -0.3 is 31.9 Å². The molecular formula is C24H26ClF6N5O6. The van der Waals surface area contributed by atoms with Crippen molar-refractivity contribution < 1.29 is 55.7 Å². The normalized spacial score (nSPS) is 17.0. The third kappa shape index (κ3) is 12.6. The summed E-state index contributed by atoms with van der Waals surface area (Å²) in [6.45, 7) is 2.58. The number of benzene rings is 1. The molecule has 0 spiro atoms. The van der Waals surface area contributed by atoms with Gasteiger partial charge in [0.15, 0.2) is 0 Å². The average molecular weight is 630 g/mol. The number of carbonyl (C=O) groups excluding carboxylic acids is 2. The van der Waals surface area contributed by atoms with E-state index < -0.39 is 30.3 Å². The SMILES string of the molecule is C[C@H](NC(=O)[C@H]1C[C@H](c2ccccc2)CN1)C(=O)NCc1cc(Cl)cnc1N.O=C(O)C(F)(F)F.O=C(O)C(F)(F)F. The Kier molecular flexibility index (Phi) is 13.5. The lowest BCUT2D eigenvalue weighted by Gasteiger charge is -2.17. The van der Waals surface area contributed by atoms with Crippen molar-refractivity contribution in [2.75, 3.05) is 12.3 Å². The van der Waals surface area contributed by atoms with Crippen LogP contribution < -0.4 is 21.7 Å². The fourth-order valence-corrected chi connectivity index (χ4v) is 3.44. The lowest BCUT2D eigenvalue weighted by molar-refractivity contribution is -0.193. The summed E-state index contributed by atoms with van der Waals surface area (Å²) in [5.41, 5.74) is 7.62. The number of carboxylic acid groups (broad SMARTS) is 2. The van der Waals surface area contributed by atoms with Gasteiger partial charge in [0.1, 0.15) is 11.9 Å². The van der Waals surface area contributed by atoms with Crippen LogP contribution in [0.4, 0.5) is 32.2 Å². The maximum Gasteiger partial charge on any atom is 0.490 e. The van der Waals surface area contributed by atoms with Gasteiger partial charge in [0.05, 0.1) is 11.1 Å². The van der Waals surface area contributed by atoms with Gasteiger partial charge in [-0.15, -0.1) is 0 Å². The minimum Gasteiger partial charge on any atom is -0.475 e. The molecule has 0 unspecified atom stereocenters. The number of hydrogen-bond acceptors (Lipinski definition) is 7. The number of halogens is 7. The molecule has 3 atom stereocenters. The van der Waals surface area contributed by atoms with E-state index in [2.05, 4.69) is 33.1 Å². The fraction of sp³-hybridized carbons (Fsp3) is 0.375. The predicted molar refractivity (Wildman–Crippen MR) is 136 cm³/mol. The van der Waals surface area contributed by atoms with Gasteiger partial charge in [0, 0.05) is 24.8 Å². The zero-order valence-electron chi connectivity index (χ0n) is 21.6. The van der Waals surface area contributed by atoms with Crippen molar-refractivity contribution in [3.63, 3.8) is 0 Å². The van der Waals surface area contributed by atoms with Gasteiger partial charge in [-0.05, 0) is 30.9 Å². The Balaban J connectivity index is 0.000000522. The molecule has 1 aromatic heterocycles. The van der Waals surface area contributed by atoms with Crippen LogP contribution in [0.5, 0.6) is 0 Å². The number of rotatable bonds is 6. The Morgan fingerprint density at radius 1 is 1.07 bits per heavy atom. The topological polar surface area (TPSA) is 184 Å². The number of alkyl halides is 6. The molecule has 0 radical (unpaired) electrons. The van der Waals surface area contributed by atoms with Gasteiger partial charge in [0.2, 0.25) is 11.8 Å². The van der Waals surface area contributed by atoms with Crippen LogP contribution in [-0.4, -0.2) is 69.9 Å². The first kappa shape index (κ1) is 35.9. The number of amides is 2. The molecule has 7 N–H and O–H groups in total. The smallest absolute Gasteiger partial charge is 0.475 e. The summed E-state index contributed by atoms with van der Waals surface area (Å²) in [6, 6.07) is 10.8. The number of aromatic nitrogens is 1. The lowest BCUT2D eigenvalue weighted by Crippen LogP contribution is -2.49. The molecule has 18 heteroatoms. The summed E-state index contributed by atoms with van der Waals surface area (Å²) < 4.78 is 63.5. The summed E-state index contributed by atoms with van der Waals surface area (Å²) in [7, 11) is 0. The van der Waals surface area contributed by atoms with Crippen molar-refractivity contribution in [1.29, 1.82) is 0 Å². The van der Waals surface area contributed by atoms with Gasteiger partial charge in [0.25, 0.3) is 0 Å². The Morgan fingerprint density at radius 3 is 2.10 bits per heavy atom. The monoisotopic (exact) mass is 629 g/mol. The molecule has 42 heavy (non-hydrogen) atoms. The van der Waals surface area contributed by atoms with E-state index in [1.54, 1.807) is 13.0 Å². The van der Waals surface area contributed by atoms with E-state index in [-0.39, 0.29) is 24.4 Å². The fourth-order valence-electron chi connectivity index (χ4n) is 3.26. The van der Waals surface area contributed by atoms with Gasteiger partial charge in [-0.25, -0.2) is 14.6 Å². The molecule has 11 nitrogen and oxygen atoms in total. The Hall–Kier alpha value is -4.12. The highest BCUT2D eigenvalue weighted by Crippen LogP contribution is 2.25. The molecule has 1 aliphatic rings. The molecule has 1 aromatic carbocycles. The van der Waals surface area contributed by atoms with E-state index in [0.717, 1.165) is 6.54 Å². The maximum atomic E-state index is 12.5. The molecule has 1 fully saturated rings. The molecule has 0 aliphatic carbocycles. The minimum atomic E-state index is -5.08. The minimum absolute atomic E-state index is 0.176. The molecule has 0 bridgehead atoms. The van der Waals surface area contributed by atoms with E-state index in [9.17, 15) is 35.9 Å². The summed E-state index contributed by atoms with van der Waals surface area (Å²) in [5, 5.41) is 23.4. The van der Waals surface area contributed by atoms with Crippen LogP contribution >= 0.6 is 11.6 Å². The summed E-state index contributed by atoms with van der Waals surface area (Å²) >= 11 is 5.90. The highest BCUT2D eigenvalue weighted by molar-refractivity contribution is 6.30. The van der Waals surface area contributed by atoms with E-state index in [4.69, 9.17) is 37.1 Å². The van der Waals surface area contributed by atoms with Crippen molar-refractivity contribution >= 4 is 41.2 Å². The van der Waals surface area contributed by atoms with Crippen LogP contribution in [-0.2, 0) is 25.7 Å². The molecular weight excluding hydrogens is 604 g/mol. The van der Waals surface area contributed by atoms with Gasteiger partial charge >= 0.3 is 24.3 Å². The van der Waals surface area contributed by atoms with Crippen LogP contribution in [0.25, 0.3) is 0 Å². The number of nitrogen functional groups attached to an aromatic ring is 1. The largest absolute Gasteiger partial charge is 0.490 e. The second kappa shape index (κ2) is 15.8. The Bertz CT molecular complexity index is 1210. The Morgan fingerprint density at radius 2 is 1.60 bits per heavy atom. The van der Waals surface area contributed by atoms with Crippen molar-refractivity contribution in [3.05, 3.63) is 58.7 Å². The van der Waals surface area contributed by atoms with E-state index in [1.165, 1.54) is 11.8 Å². The Labute approximate surface area is 239 Å². The second-order valence-corrected chi connectivity index (χ2v) is 8.99.